The van der Waals surface area contributed by atoms with Crippen LogP contribution in [0.3, 0.4) is 0 Å². The number of halogens is 2. The Bertz CT molecular complexity index is 1640. The average Bonchev–Trinajstić information content (AvgIpc) is 2.99. The third-order valence-corrected chi connectivity index (χ3v) is 9.21. The molecule has 7 nitrogen and oxygen atoms in total. The highest BCUT2D eigenvalue weighted by atomic mass is 79.9. The van der Waals surface area contributed by atoms with Gasteiger partial charge < -0.3 is 10.2 Å². The fraction of sp³-hybridized carbons (Fsp3) is 0.212. The zero-order valence-electron chi connectivity index (χ0n) is 23.9. The van der Waals surface area contributed by atoms with Gasteiger partial charge in [-0.2, -0.15) is 0 Å². The van der Waals surface area contributed by atoms with Gasteiger partial charge in [0.1, 0.15) is 12.6 Å². The number of carbonyl (C=O) groups excluding carboxylic acids is 2. The number of benzene rings is 4. The highest BCUT2D eigenvalue weighted by molar-refractivity contribution is 9.10. The third-order valence-electron chi connectivity index (χ3n) is 6.67. The molecule has 0 bridgehead atoms. The Morgan fingerprint density at radius 2 is 1.47 bits per heavy atom. The first-order valence-corrected chi connectivity index (χ1v) is 16.4. The number of amides is 2. The second kappa shape index (κ2) is 14.7. The molecule has 1 unspecified atom stereocenters. The van der Waals surface area contributed by atoms with Gasteiger partial charge in [0, 0.05) is 28.5 Å². The van der Waals surface area contributed by atoms with E-state index in [9.17, 15) is 18.0 Å². The second-order valence-corrected chi connectivity index (χ2v) is 13.5. The van der Waals surface area contributed by atoms with Crippen LogP contribution in [-0.4, -0.2) is 43.8 Å². The highest BCUT2D eigenvalue weighted by Gasteiger charge is 2.34. The summed E-state index contributed by atoms with van der Waals surface area (Å²) in [6.07, 6.45) is 0.237. The quantitative estimate of drug-likeness (QED) is 0.186. The maximum Gasteiger partial charge on any atom is 0.264 e. The van der Waals surface area contributed by atoms with Crippen molar-refractivity contribution >= 4 is 55.1 Å². The van der Waals surface area contributed by atoms with Crippen LogP contribution in [0.15, 0.2) is 119 Å². The number of hydrogen-bond donors (Lipinski definition) is 1. The minimum absolute atomic E-state index is 0.0467. The van der Waals surface area contributed by atoms with Crippen LogP contribution in [0.1, 0.15) is 25.0 Å². The Kier molecular flexibility index (Phi) is 11.0. The van der Waals surface area contributed by atoms with Crippen molar-refractivity contribution in [3.63, 3.8) is 0 Å². The lowest BCUT2D eigenvalue weighted by Crippen LogP contribution is -2.54. The Morgan fingerprint density at radius 3 is 2.07 bits per heavy atom. The molecule has 0 aliphatic rings. The zero-order valence-corrected chi connectivity index (χ0v) is 27.0. The van der Waals surface area contributed by atoms with Gasteiger partial charge in [-0.1, -0.05) is 94.3 Å². The van der Waals surface area contributed by atoms with Crippen molar-refractivity contribution in [1.29, 1.82) is 0 Å². The molecule has 0 aromatic heterocycles. The fourth-order valence-electron chi connectivity index (χ4n) is 4.60. The van der Waals surface area contributed by atoms with E-state index < -0.39 is 28.5 Å². The summed E-state index contributed by atoms with van der Waals surface area (Å²) >= 11 is 9.54. The van der Waals surface area contributed by atoms with E-state index in [1.54, 1.807) is 66.7 Å². The van der Waals surface area contributed by atoms with E-state index in [0.29, 0.717) is 15.2 Å². The summed E-state index contributed by atoms with van der Waals surface area (Å²) in [6, 6.07) is 30.1. The predicted octanol–water partition coefficient (Wildman–Crippen LogP) is 6.46. The Hall–Kier alpha value is -3.66. The predicted molar refractivity (Wildman–Crippen MR) is 174 cm³/mol. The highest BCUT2D eigenvalue weighted by Crippen LogP contribution is 2.27. The van der Waals surface area contributed by atoms with Gasteiger partial charge in [0.25, 0.3) is 10.0 Å². The lowest BCUT2D eigenvalue weighted by Gasteiger charge is -2.34. The Morgan fingerprint density at radius 1 is 0.837 bits per heavy atom. The van der Waals surface area contributed by atoms with E-state index >= 15 is 0 Å². The molecule has 0 saturated heterocycles. The molecular weight excluding hydrogens is 650 g/mol. The van der Waals surface area contributed by atoms with Crippen LogP contribution in [0.5, 0.6) is 0 Å². The fourth-order valence-corrected chi connectivity index (χ4v) is 6.54. The lowest BCUT2D eigenvalue weighted by molar-refractivity contribution is -0.140. The number of rotatable bonds is 12. The van der Waals surface area contributed by atoms with Gasteiger partial charge in [-0.15, -0.1) is 0 Å². The van der Waals surface area contributed by atoms with Gasteiger partial charge in [0.2, 0.25) is 11.8 Å². The van der Waals surface area contributed by atoms with Crippen LogP contribution in [0.4, 0.5) is 5.69 Å². The summed E-state index contributed by atoms with van der Waals surface area (Å²) in [5.41, 5.74) is 1.92. The molecule has 0 radical (unpaired) electrons. The number of nitrogens with one attached hydrogen (secondary N) is 1. The molecule has 0 saturated carbocycles. The molecule has 4 aromatic rings. The molecule has 4 rings (SSSR count). The average molecular weight is 683 g/mol. The third kappa shape index (κ3) is 8.69. The molecule has 0 aliphatic heterocycles. The van der Waals surface area contributed by atoms with Crippen LogP contribution in [0.25, 0.3) is 0 Å². The summed E-state index contributed by atoms with van der Waals surface area (Å²) in [6.45, 7) is 3.24. The van der Waals surface area contributed by atoms with Crippen molar-refractivity contribution in [2.45, 2.75) is 43.8 Å². The van der Waals surface area contributed by atoms with Crippen molar-refractivity contribution in [3.05, 3.63) is 130 Å². The summed E-state index contributed by atoms with van der Waals surface area (Å²) in [5, 5.41) is 3.49. The summed E-state index contributed by atoms with van der Waals surface area (Å²) in [5.74, 6) is -0.865. The van der Waals surface area contributed by atoms with Crippen molar-refractivity contribution in [2.24, 2.45) is 0 Å². The minimum Gasteiger partial charge on any atom is -0.352 e. The molecule has 10 heteroatoms. The number of nitrogens with zero attached hydrogens (tertiary/aromatic N) is 2. The smallest absolute Gasteiger partial charge is 0.264 e. The topological polar surface area (TPSA) is 86.8 Å². The first-order chi connectivity index (χ1) is 20.5. The zero-order chi connectivity index (χ0) is 31.0. The largest absolute Gasteiger partial charge is 0.352 e. The molecular formula is C33H33BrClN3O4S. The van der Waals surface area contributed by atoms with Gasteiger partial charge in [-0.25, -0.2) is 8.42 Å². The van der Waals surface area contributed by atoms with Crippen LogP contribution >= 0.6 is 27.5 Å². The van der Waals surface area contributed by atoms with Gasteiger partial charge in [-0.3, -0.25) is 13.9 Å². The van der Waals surface area contributed by atoms with E-state index in [1.165, 1.54) is 17.0 Å². The molecule has 4 aromatic carbocycles. The van der Waals surface area contributed by atoms with Crippen molar-refractivity contribution in [3.8, 4) is 0 Å². The van der Waals surface area contributed by atoms with Crippen molar-refractivity contribution < 1.29 is 18.0 Å². The number of sulfonamides is 1. The van der Waals surface area contributed by atoms with E-state index in [1.807, 2.05) is 44.2 Å². The van der Waals surface area contributed by atoms with Crippen LogP contribution in [-0.2, 0) is 32.6 Å². The van der Waals surface area contributed by atoms with Gasteiger partial charge >= 0.3 is 0 Å². The molecule has 0 aliphatic carbocycles. The molecule has 0 spiro atoms. The Labute approximate surface area is 266 Å². The summed E-state index contributed by atoms with van der Waals surface area (Å²) in [7, 11) is -4.15. The number of hydrogen-bond acceptors (Lipinski definition) is 4. The van der Waals surface area contributed by atoms with E-state index in [2.05, 4.69) is 21.2 Å². The first kappa shape index (κ1) is 32.3. The van der Waals surface area contributed by atoms with Gasteiger partial charge in [0.15, 0.2) is 0 Å². The maximum atomic E-state index is 14.4. The molecule has 0 fully saturated rings. The van der Waals surface area contributed by atoms with E-state index in [0.717, 1.165) is 15.4 Å². The van der Waals surface area contributed by atoms with Gasteiger partial charge in [-0.05, 0) is 67.4 Å². The molecule has 2 amide bonds. The molecule has 1 atom stereocenters. The SMILES string of the molecule is CC(C)NC(=O)C(Cc1ccccc1)N(Cc1ccc(Cl)cc1)C(=O)CN(c1cccc(Br)c1)S(=O)(=O)c1ccccc1. The molecule has 43 heavy (non-hydrogen) atoms. The van der Waals surface area contributed by atoms with Crippen LogP contribution in [0.2, 0.25) is 5.02 Å². The van der Waals surface area contributed by atoms with E-state index in [-0.39, 0.29) is 29.8 Å². The van der Waals surface area contributed by atoms with Crippen molar-refractivity contribution in [1.82, 2.24) is 10.2 Å². The number of anilines is 1. The van der Waals surface area contributed by atoms with Gasteiger partial charge in [0.05, 0.1) is 10.6 Å². The van der Waals surface area contributed by atoms with E-state index in [4.69, 9.17) is 11.6 Å². The molecule has 224 valence electrons. The van der Waals surface area contributed by atoms with Crippen LogP contribution < -0.4 is 9.62 Å². The maximum absolute atomic E-state index is 14.4. The summed E-state index contributed by atoms with van der Waals surface area (Å²) < 4.78 is 29.7. The standard InChI is InChI=1S/C33H33BrClN3O4S/c1-24(2)36-33(40)31(20-25-10-5-3-6-11-25)37(22-26-16-18-28(35)19-17-26)32(39)23-38(29-13-9-12-27(34)21-29)43(41,42)30-14-7-4-8-15-30/h3-19,21,24,31H,20,22-23H2,1-2H3,(H,36,40). The van der Waals surface area contributed by atoms with Crippen molar-refractivity contribution in [2.75, 3.05) is 10.8 Å². The molecule has 1 N–H and O–H groups in total. The second-order valence-electron chi connectivity index (χ2n) is 10.3. The normalized spacial score (nSPS) is 12.0. The van der Waals surface area contributed by atoms with Crippen LogP contribution in [0, 0.1) is 0 Å². The monoisotopic (exact) mass is 681 g/mol. The first-order valence-electron chi connectivity index (χ1n) is 13.8. The number of carbonyl (C=O) groups is 2. The minimum atomic E-state index is -4.15. The Balaban J connectivity index is 1.80. The molecule has 0 heterocycles. The summed E-state index contributed by atoms with van der Waals surface area (Å²) in [4.78, 5) is 29.6. The lowest BCUT2D eigenvalue weighted by atomic mass is 10.0.